The van der Waals surface area contributed by atoms with Crippen LogP contribution in [0.1, 0.15) is 36.0 Å². The topological polar surface area (TPSA) is 93.3 Å². The molecule has 0 fully saturated rings. The Hall–Kier alpha value is -4.24. The van der Waals surface area contributed by atoms with E-state index in [9.17, 15) is 9.59 Å². The maximum atomic E-state index is 14.0. The molecular weight excluding hydrogens is 474 g/mol. The van der Waals surface area contributed by atoms with Crippen LogP contribution in [0.4, 0.5) is 5.69 Å². The fraction of sp³-hybridized carbons (Fsp3) is 0.185. The van der Waals surface area contributed by atoms with Crippen molar-refractivity contribution < 1.29 is 14.0 Å². The molecule has 0 aliphatic rings. The van der Waals surface area contributed by atoms with Gasteiger partial charge in [-0.3, -0.25) is 9.59 Å². The van der Waals surface area contributed by atoms with E-state index in [0.29, 0.717) is 33.7 Å². The zero-order chi connectivity index (χ0) is 25.1. The summed E-state index contributed by atoms with van der Waals surface area (Å²) in [5.41, 5.74) is 2.42. The largest absolute Gasteiger partial charge is 0.467 e. The van der Waals surface area contributed by atoms with Crippen LogP contribution in [0.15, 0.2) is 82.9 Å². The first kappa shape index (κ1) is 23.5. The smallest absolute Gasteiger partial charge is 0.255 e. The Labute approximate surface area is 212 Å². The van der Waals surface area contributed by atoms with Crippen molar-refractivity contribution in [3.8, 4) is 10.6 Å². The Kier molecular flexibility index (Phi) is 6.64. The third-order valence-corrected chi connectivity index (χ3v) is 6.56. The summed E-state index contributed by atoms with van der Waals surface area (Å²) in [5.74, 6) is -0.0246. The van der Waals surface area contributed by atoms with E-state index in [-0.39, 0.29) is 30.9 Å². The quantitative estimate of drug-likeness (QED) is 0.299. The van der Waals surface area contributed by atoms with Gasteiger partial charge in [0.1, 0.15) is 12.3 Å². The van der Waals surface area contributed by atoms with Gasteiger partial charge in [-0.2, -0.15) is 5.10 Å². The summed E-state index contributed by atoms with van der Waals surface area (Å²) in [4.78, 5) is 34.2. The van der Waals surface area contributed by atoms with Crippen LogP contribution in [-0.4, -0.2) is 38.0 Å². The first-order chi connectivity index (χ1) is 17.5. The molecule has 5 rings (SSSR count). The molecule has 0 atom stereocenters. The van der Waals surface area contributed by atoms with Gasteiger partial charge in [-0.1, -0.05) is 24.3 Å². The number of rotatable bonds is 8. The normalized spacial score (nSPS) is 11.2. The van der Waals surface area contributed by atoms with Gasteiger partial charge in [0.25, 0.3) is 5.91 Å². The summed E-state index contributed by atoms with van der Waals surface area (Å²) in [6, 6.07) is 18.5. The van der Waals surface area contributed by atoms with Crippen LogP contribution < -0.4 is 5.32 Å². The van der Waals surface area contributed by atoms with E-state index in [1.807, 2.05) is 54.2 Å². The number of carbonyl (C=O) groups is 2. The molecule has 8 nitrogen and oxygen atoms in total. The molecule has 2 amide bonds. The van der Waals surface area contributed by atoms with Crippen LogP contribution in [0.3, 0.4) is 0 Å². The third-order valence-electron chi connectivity index (χ3n) is 5.67. The molecule has 0 aliphatic carbocycles. The second-order valence-corrected chi connectivity index (χ2v) is 9.56. The number of amides is 2. The average Bonchev–Trinajstić information content (AvgIpc) is 3.65. The second-order valence-electron chi connectivity index (χ2n) is 8.61. The minimum Gasteiger partial charge on any atom is -0.467 e. The monoisotopic (exact) mass is 499 g/mol. The van der Waals surface area contributed by atoms with Gasteiger partial charge >= 0.3 is 0 Å². The first-order valence-electron chi connectivity index (χ1n) is 11.6. The van der Waals surface area contributed by atoms with Crippen molar-refractivity contribution in [3.05, 3.63) is 89.8 Å². The fourth-order valence-corrected chi connectivity index (χ4v) is 4.67. The molecule has 182 valence electrons. The molecule has 0 saturated heterocycles. The Morgan fingerprint density at radius 2 is 1.94 bits per heavy atom. The summed E-state index contributed by atoms with van der Waals surface area (Å²) in [5, 5.41) is 9.97. The number of para-hydroxylation sites is 1. The van der Waals surface area contributed by atoms with E-state index in [0.717, 1.165) is 4.88 Å². The van der Waals surface area contributed by atoms with Crippen molar-refractivity contribution in [2.24, 2.45) is 0 Å². The Balaban J connectivity index is 1.54. The number of nitrogens with zero attached hydrogens (tertiary/aromatic N) is 4. The van der Waals surface area contributed by atoms with Crippen molar-refractivity contribution in [2.45, 2.75) is 26.4 Å². The van der Waals surface area contributed by atoms with Crippen LogP contribution in [-0.2, 0) is 11.3 Å². The number of carbonyl (C=O) groups excluding carboxylic acids is 2. The molecule has 5 aromatic rings. The predicted octanol–water partition coefficient (Wildman–Crippen LogP) is 5.61. The Morgan fingerprint density at radius 1 is 1.11 bits per heavy atom. The van der Waals surface area contributed by atoms with Crippen molar-refractivity contribution >= 4 is 39.9 Å². The Bertz CT molecular complexity index is 1470. The lowest BCUT2D eigenvalue weighted by molar-refractivity contribution is -0.117. The number of aromatic nitrogens is 3. The molecule has 4 heterocycles. The lowest BCUT2D eigenvalue weighted by Gasteiger charge is -2.22. The minimum atomic E-state index is -0.303. The molecule has 0 radical (unpaired) electrons. The highest BCUT2D eigenvalue weighted by Gasteiger charge is 2.25. The summed E-state index contributed by atoms with van der Waals surface area (Å²) in [6.07, 6.45) is 3.22. The fourth-order valence-electron chi connectivity index (χ4n) is 3.98. The van der Waals surface area contributed by atoms with Gasteiger partial charge in [0.2, 0.25) is 5.91 Å². The number of hydrogen-bond acceptors (Lipinski definition) is 6. The molecule has 1 N–H and O–H groups in total. The van der Waals surface area contributed by atoms with Crippen LogP contribution in [0.5, 0.6) is 0 Å². The zero-order valence-corrected chi connectivity index (χ0v) is 20.7. The van der Waals surface area contributed by atoms with Gasteiger partial charge in [0.05, 0.1) is 40.5 Å². The lowest BCUT2D eigenvalue weighted by Crippen LogP contribution is -2.37. The molecule has 0 spiro atoms. The molecule has 36 heavy (non-hydrogen) atoms. The molecule has 0 unspecified atom stereocenters. The molecular formula is C27H25N5O3S. The summed E-state index contributed by atoms with van der Waals surface area (Å²) >= 11 is 1.55. The van der Waals surface area contributed by atoms with Crippen molar-refractivity contribution in [1.29, 1.82) is 0 Å². The highest BCUT2D eigenvalue weighted by Crippen LogP contribution is 2.30. The predicted molar refractivity (Wildman–Crippen MR) is 140 cm³/mol. The molecule has 1 aromatic carbocycles. The molecule has 9 heteroatoms. The number of anilines is 1. The second kappa shape index (κ2) is 10.2. The number of hydrogen-bond donors (Lipinski definition) is 1. The highest BCUT2D eigenvalue weighted by molar-refractivity contribution is 7.13. The molecule has 0 aliphatic heterocycles. The number of pyridine rings is 1. The number of thiophene rings is 1. The number of furan rings is 1. The van der Waals surface area contributed by atoms with Gasteiger partial charge in [0.15, 0.2) is 5.65 Å². The van der Waals surface area contributed by atoms with E-state index >= 15 is 0 Å². The summed E-state index contributed by atoms with van der Waals surface area (Å²) in [7, 11) is 0. The van der Waals surface area contributed by atoms with Gasteiger partial charge < -0.3 is 14.6 Å². The molecule has 0 saturated carbocycles. The third kappa shape index (κ3) is 4.92. The van der Waals surface area contributed by atoms with E-state index in [1.54, 1.807) is 54.1 Å². The van der Waals surface area contributed by atoms with Crippen LogP contribution >= 0.6 is 11.3 Å². The Morgan fingerprint density at radius 3 is 2.64 bits per heavy atom. The number of nitrogens with one attached hydrogen (secondary N) is 1. The van der Waals surface area contributed by atoms with Gasteiger partial charge in [-0.15, -0.1) is 11.3 Å². The molecule has 0 bridgehead atoms. The van der Waals surface area contributed by atoms with Gasteiger partial charge in [-0.25, -0.2) is 9.67 Å². The summed E-state index contributed by atoms with van der Waals surface area (Å²) in [6.45, 7) is 4.03. The first-order valence-corrected chi connectivity index (χ1v) is 12.5. The maximum Gasteiger partial charge on any atom is 0.255 e. The maximum absolute atomic E-state index is 14.0. The lowest BCUT2D eigenvalue weighted by atomic mass is 10.1. The van der Waals surface area contributed by atoms with Crippen LogP contribution in [0.25, 0.3) is 21.6 Å². The zero-order valence-electron chi connectivity index (χ0n) is 19.9. The van der Waals surface area contributed by atoms with E-state index in [2.05, 4.69) is 10.4 Å². The average molecular weight is 500 g/mol. The van der Waals surface area contributed by atoms with Crippen molar-refractivity contribution in [2.75, 3.05) is 11.9 Å². The summed E-state index contributed by atoms with van der Waals surface area (Å²) < 4.78 is 7.31. The highest BCUT2D eigenvalue weighted by atomic mass is 32.1. The van der Waals surface area contributed by atoms with E-state index in [1.165, 1.54) is 4.90 Å². The van der Waals surface area contributed by atoms with Crippen molar-refractivity contribution in [3.63, 3.8) is 0 Å². The van der Waals surface area contributed by atoms with Crippen molar-refractivity contribution in [1.82, 2.24) is 19.7 Å². The van der Waals surface area contributed by atoms with Gasteiger partial charge in [-0.05, 0) is 55.6 Å². The number of fused-ring (bicyclic) bond motifs is 1. The minimum absolute atomic E-state index is 0.0624. The molecule has 4 aromatic heterocycles. The SMILES string of the molecule is CC(C)n1ncc2c(C(=O)N(CC(=O)Nc3ccccc3)Cc3ccco3)cc(-c3cccs3)nc21. The van der Waals surface area contributed by atoms with Crippen LogP contribution in [0, 0.1) is 0 Å². The van der Waals surface area contributed by atoms with E-state index < -0.39 is 0 Å². The van der Waals surface area contributed by atoms with Gasteiger partial charge in [0, 0.05) is 11.7 Å². The standard InChI is InChI=1S/C27H25N5O3S/c1-18(2)32-26-22(15-28-32)21(14-23(30-26)24-11-7-13-36-24)27(34)31(16-20-10-6-12-35-20)17-25(33)29-19-8-4-3-5-9-19/h3-15,18H,16-17H2,1-2H3,(H,29,33). The van der Waals surface area contributed by atoms with Crippen LogP contribution in [0.2, 0.25) is 0 Å². The van der Waals surface area contributed by atoms with E-state index in [4.69, 9.17) is 9.40 Å². The number of benzene rings is 1.